The first-order valence-corrected chi connectivity index (χ1v) is 16.0. The molecule has 1 saturated heterocycles. The number of piperidine rings is 1. The van der Waals surface area contributed by atoms with E-state index >= 15 is 0 Å². The summed E-state index contributed by atoms with van der Waals surface area (Å²) in [5, 5.41) is 22.4. The maximum absolute atomic E-state index is 13.8. The van der Waals surface area contributed by atoms with Crippen LogP contribution in [0.4, 0.5) is 0 Å². The standard InChI is InChI=1S/C35H45NO10/c1-4-25-11-5-7-18-35(25,42)32(39)33(40)36-19-8-6-13-27(36)34(41)46-28(24-10-9-12-26(21-24)45-22-31(37)38)16-14-23-15-17-29(43-2)30(20-23)44-3/h9-10,12,15,17,20-21,25,27-28,42H,4-8,11,13-14,16,18-19,22H2,1-3H3,(H,37,38)/p-1/t25-,27-,28+,35+/m0/s1. The topological polar surface area (TPSA) is 152 Å². The van der Waals surface area contributed by atoms with E-state index in [1.807, 2.05) is 19.1 Å². The molecule has 0 radical (unpaired) electrons. The molecule has 4 atom stereocenters. The summed E-state index contributed by atoms with van der Waals surface area (Å²) in [6.07, 6.45) is 4.66. The van der Waals surface area contributed by atoms with Gasteiger partial charge in [0.05, 0.1) is 20.2 Å². The molecule has 1 saturated carbocycles. The number of hydrogen-bond donors (Lipinski definition) is 1. The number of ether oxygens (including phenoxy) is 4. The maximum Gasteiger partial charge on any atom is 0.329 e. The Morgan fingerprint density at radius 2 is 1.76 bits per heavy atom. The first-order valence-electron chi connectivity index (χ1n) is 16.0. The average molecular weight is 639 g/mol. The van der Waals surface area contributed by atoms with E-state index in [1.54, 1.807) is 44.6 Å². The van der Waals surface area contributed by atoms with Gasteiger partial charge in [-0.3, -0.25) is 9.59 Å². The third-order valence-corrected chi connectivity index (χ3v) is 9.14. The highest BCUT2D eigenvalue weighted by molar-refractivity contribution is 6.39. The molecule has 1 aliphatic heterocycles. The number of carbonyl (C=O) groups is 4. The zero-order chi connectivity index (χ0) is 33.3. The number of ketones is 1. The van der Waals surface area contributed by atoms with Crippen molar-refractivity contribution in [1.29, 1.82) is 0 Å². The van der Waals surface area contributed by atoms with E-state index in [1.165, 1.54) is 4.90 Å². The first kappa shape index (κ1) is 34.7. The lowest BCUT2D eigenvalue weighted by atomic mass is 9.71. The van der Waals surface area contributed by atoms with Crippen molar-refractivity contribution >= 4 is 23.6 Å². The van der Waals surface area contributed by atoms with Gasteiger partial charge in [-0.1, -0.05) is 44.4 Å². The zero-order valence-electron chi connectivity index (χ0n) is 26.8. The SMILES string of the molecule is CC[C@H]1CCCC[C@]1(O)C(=O)C(=O)N1CCCC[C@H]1C(=O)O[C@H](CCc1ccc(OC)c(OC)c1)c1cccc(OCC(=O)[O-])c1. The molecule has 2 aromatic rings. The number of hydrogen-bond acceptors (Lipinski definition) is 10. The lowest BCUT2D eigenvalue weighted by Crippen LogP contribution is -2.58. The summed E-state index contributed by atoms with van der Waals surface area (Å²) in [6, 6.07) is 11.1. The lowest BCUT2D eigenvalue weighted by molar-refractivity contribution is -0.307. The molecule has 11 heteroatoms. The third kappa shape index (κ3) is 8.17. The van der Waals surface area contributed by atoms with Gasteiger partial charge in [-0.2, -0.15) is 0 Å². The molecule has 2 fully saturated rings. The van der Waals surface area contributed by atoms with Crippen LogP contribution in [0.3, 0.4) is 0 Å². The molecule has 11 nitrogen and oxygen atoms in total. The fourth-order valence-electron chi connectivity index (χ4n) is 6.60. The zero-order valence-corrected chi connectivity index (χ0v) is 26.8. The molecule has 0 unspecified atom stereocenters. The van der Waals surface area contributed by atoms with Gasteiger partial charge in [0.1, 0.15) is 30.1 Å². The number of aliphatic hydroxyl groups is 1. The normalized spacial score (nSPS) is 22.0. The number of aliphatic carboxylic acids is 1. The molecule has 1 N–H and O–H groups in total. The predicted molar refractivity (Wildman–Crippen MR) is 165 cm³/mol. The summed E-state index contributed by atoms with van der Waals surface area (Å²) < 4.78 is 22.2. The van der Waals surface area contributed by atoms with Crippen LogP contribution < -0.4 is 19.3 Å². The summed E-state index contributed by atoms with van der Waals surface area (Å²) in [6.45, 7) is 1.47. The highest BCUT2D eigenvalue weighted by Crippen LogP contribution is 2.38. The van der Waals surface area contributed by atoms with E-state index < -0.39 is 48.0 Å². The molecule has 2 aromatic carbocycles. The molecular weight excluding hydrogens is 594 g/mol. The van der Waals surface area contributed by atoms with Crippen molar-refractivity contribution in [1.82, 2.24) is 4.90 Å². The number of carbonyl (C=O) groups excluding carboxylic acids is 4. The quantitative estimate of drug-likeness (QED) is 0.241. The minimum Gasteiger partial charge on any atom is -0.546 e. The molecule has 1 amide bonds. The van der Waals surface area contributed by atoms with Crippen molar-refractivity contribution < 1.29 is 48.3 Å². The molecule has 0 bridgehead atoms. The van der Waals surface area contributed by atoms with Crippen molar-refractivity contribution in [3.05, 3.63) is 53.6 Å². The Balaban J connectivity index is 1.57. The van der Waals surface area contributed by atoms with E-state index in [-0.39, 0.29) is 24.6 Å². The number of nitrogens with zero attached hydrogens (tertiary/aromatic N) is 1. The first-order chi connectivity index (χ1) is 22.1. The van der Waals surface area contributed by atoms with Gasteiger partial charge >= 0.3 is 5.97 Å². The Morgan fingerprint density at radius 1 is 1.00 bits per heavy atom. The van der Waals surface area contributed by atoms with E-state index in [9.17, 15) is 29.4 Å². The summed E-state index contributed by atoms with van der Waals surface area (Å²) in [5.74, 6) is -2.63. The lowest BCUT2D eigenvalue weighted by Gasteiger charge is -2.40. The van der Waals surface area contributed by atoms with Crippen LogP contribution in [0.2, 0.25) is 0 Å². The van der Waals surface area contributed by atoms with Gasteiger partial charge in [0.2, 0.25) is 0 Å². The Kier molecular flexibility index (Phi) is 12.0. The van der Waals surface area contributed by atoms with Gasteiger partial charge in [-0.25, -0.2) is 4.79 Å². The summed E-state index contributed by atoms with van der Waals surface area (Å²) in [4.78, 5) is 53.3. The molecule has 1 heterocycles. The van der Waals surface area contributed by atoms with Crippen LogP contribution in [0.1, 0.15) is 81.9 Å². The van der Waals surface area contributed by atoms with Crippen molar-refractivity contribution in [2.75, 3.05) is 27.4 Å². The number of carboxylic acid groups (broad SMARTS) is 1. The highest BCUT2D eigenvalue weighted by atomic mass is 16.5. The number of carboxylic acids is 1. The van der Waals surface area contributed by atoms with E-state index in [4.69, 9.17) is 18.9 Å². The summed E-state index contributed by atoms with van der Waals surface area (Å²) in [7, 11) is 3.09. The van der Waals surface area contributed by atoms with Gasteiger partial charge in [-0.05, 0) is 86.3 Å². The second-order valence-electron chi connectivity index (χ2n) is 12.0. The van der Waals surface area contributed by atoms with Crippen LogP contribution in [-0.2, 0) is 30.3 Å². The Labute approximate surface area is 269 Å². The van der Waals surface area contributed by atoms with E-state index in [0.29, 0.717) is 68.4 Å². The molecule has 1 aliphatic carbocycles. The highest BCUT2D eigenvalue weighted by Gasteiger charge is 2.50. The molecule has 0 aromatic heterocycles. The predicted octanol–water partition coefficient (Wildman–Crippen LogP) is 3.33. The molecule has 4 rings (SSSR count). The van der Waals surface area contributed by atoms with Crippen molar-refractivity contribution in [3.63, 3.8) is 0 Å². The van der Waals surface area contributed by atoms with Gasteiger partial charge < -0.3 is 38.9 Å². The third-order valence-electron chi connectivity index (χ3n) is 9.14. The number of esters is 1. The van der Waals surface area contributed by atoms with Gasteiger partial charge in [0.25, 0.3) is 11.7 Å². The van der Waals surface area contributed by atoms with Crippen molar-refractivity contribution in [2.24, 2.45) is 5.92 Å². The van der Waals surface area contributed by atoms with Gasteiger partial charge in [-0.15, -0.1) is 0 Å². The molecular formula is C35H44NO10-. The maximum atomic E-state index is 13.8. The monoisotopic (exact) mass is 638 g/mol. The van der Waals surface area contributed by atoms with Gasteiger partial charge in [0.15, 0.2) is 11.5 Å². The number of amides is 1. The molecule has 0 spiro atoms. The number of likely N-dealkylation sites (tertiary alicyclic amines) is 1. The number of Topliss-reactive ketones (excluding diaryl/α,β-unsaturated/α-hetero) is 1. The number of rotatable bonds is 14. The Morgan fingerprint density at radius 3 is 2.48 bits per heavy atom. The minimum absolute atomic E-state index is 0.208. The van der Waals surface area contributed by atoms with E-state index in [0.717, 1.165) is 12.0 Å². The average Bonchev–Trinajstić information content (AvgIpc) is 3.08. The second-order valence-corrected chi connectivity index (χ2v) is 12.0. The molecule has 250 valence electrons. The van der Waals surface area contributed by atoms with Crippen LogP contribution in [0.15, 0.2) is 42.5 Å². The van der Waals surface area contributed by atoms with Crippen LogP contribution in [-0.4, -0.2) is 72.6 Å². The molecule has 46 heavy (non-hydrogen) atoms. The van der Waals surface area contributed by atoms with Crippen LogP contribution in [0.25, 0.3) is 0 Å². The van der Waals surface area contributed by atoms with Crippen LogP contribution in [0, 0.1) is 5.92 Å². The van der Waals surface area contributed by atoms with E-state index in [2.05, 4.69) is 0 Å². The number of methoxy groups -OCH3 is 2. The number of aryl methyl sites for hydroxylation is 1. The second kappa shape index (κ2) is 15.9. The largest absolute Gasteiger partial charge is 0.546 e. The smallest absolute Gasteiger partial charge is 0.329 e. The Bertz CT molecular complexity index is 1390. The fraction of sp³-hybridized carbons (Fsp3) is 0.543. The Hall–Kier alpha value is -4.12. The van der Waals surface area contributed by atoms with Crippen molar-refractivity contribution in [2.45, 2.75) is 88.9 Å². The fourth-order valence-corrected chi connectivity index (χ4v) is 6.60. The van der Waals surface area contributed by atoms with Crippen LogP contribution in [0.5, 0.6) is 17.2 Å². The molecule has 2 aliphatic rings. The van der Waals surface area contributed by atoms with Crippen LogP contribution >= 0.6 is 0 Å². The summed E-state index contributed by atoms with van der Waals surface area (Å²) in [5.41, 5.74) is -0.268. The summed E-state index contributed by atoms with van der Waals surface area (Å²) >= 11 is 0. The van der Waals surface area contributed by atoms with Crippen molar-refractivity contribution in [3.8, 4) is 17.2 Å². The number of benzene rings is 2. The van der Waals surface area contributed by atoms with Gasteiger partial charge in [0, 0.05) is 6.54 Å². The minimum atomic E-state index is -1.73.